The number of piperazine rings is 1. The lowest BCUT2D eigenvalue weighted by Crippen LogP contribution is -2.50. The fourth-order valence-electron chi connectivity index (χ4n) is 3.71. The zero-order chi connectivity index (χ0) is 17.6. The number of halogens is 1. The van der Waals surface area contributed by atoms with Crippen LogP contribution in [0, 0.1) is 0 Å². The Balaban J connectivity index is 1.61. The Morgan fingerprint density at radius 3 is 2.36 bits per heavy atom. The summed E-state index contributed by atoms with van der Waals surface area (Å²) < 4.78 is 11.4. The third-order valence-corrected chi connectivity index (χ3v) is 5.42. The number of nitrogens with zero attached hydrogens (tertiary/aromatic N) is 2. The van der Waals surface area contributed by atoms with Crippen LogP contribution in [0.5, 0.6) is 11.5 Å². The van der Waals surface area contributed by atoms with Crippen molar-refractivity contribution in [1.29, 1.82) is 0 Å². The first-order chi connectivity index (χ1) is 12.2. The van der Waals surface area contributed by atoms with Gasteiger partial charge in [0.05, 0.1) is 13.2 Å². The molecule has 1 atom stereocenters. The Morgan fingerprint density at radius 2 is 1.76 bits per heavy atom. The number of ether oxygens (including phenoxy) is 2. The first-order valence-electron chi connectivity index (χ1n) is 9.46. The van der Waals surface area contributed by atoms with Crippen molar-refractivity contribution in [2.75, 3.05) is 52.5 Å². The maximum absolute atomic E-state index is 6.51. The average Bonchev–Trinajstić information content (AvgIpc) is 3.14. The molecule has 2 saturated heterocycles. The second kappa shape index (κ2) is 9.08. The van der Waals surface area contributed by atoms with Crippen LogP contribution in [0.4, 0.5) is 0 Å². The quantitative estimate of drug-likeness (QED) is 0.801. The molecule has 2 aliphatic rings. The largest absolute Gasteiger partial charge is 0.490 e. The van der Waals surface area contributed by atoms with Crippen LogP contribution in [0.25, 0.3) is 0 Å². The molecule has 2 fully saturated rings. The van der Waals surface area contributed by atoms with Crippen molar-refractivity contribution < 1.29 is 9.47 Å². The van der Waals surface area contributed by atoms with E-state index in [-0.39, 0.29) is 0 Å². The molecule has 5 nitrogen and oxygen atoms in total. The second-order valence-electron chi connectivity index (χ2n) is 6.72. The summed E-state index contributed by atoms with van der Waals surface area (Å²) in [6.45, 7) is 12.8. The summed E-state index contributed by atoms with van der Waals surface area (Å²) >= 11 is 6.51. The highest BCUT2D eigenvalue weighted by Crippen LogP contribution is 2.34. The van der Waals surface area contributed by atoms with Gasteiger partial charge in [0.2, 0.25) is 0 Å². The van der Waals surface area contributed by atoms with Crippen LogP contribution in [0.2, 0.25) is 5.02 Å². The summed E-state index contributed by atoms with van der Waals surface area (Å²) in [4.78, 5) is 5.11. The van der Waals surface area contributed by atoms with Gasteiger partial charge in [-0.25, -0.2) is 0 Å². The van der Waals surface area contributed by atoms with Crippen LogP contribution >= 0.6 is 11.6 Å². The Morgan fingerprint density at radius 1 is 1.08 bits per heavy atom. The number of hydrogen-bond acceptors (Lipinski definition) is 5. The van der Waals surface area contributed by atoms with Crippen LogP contribution in [-0.2, 0) is 6.54 Å². The van der Waals surface area contributed by atoms with Crippen LogP contribution < -0.4 is 14.8 Å². The van der Waals surface area contributed by atoms with E-state index in [4.69, 9.17) is 21.1 Å². The first kappa shape index (κ1) is 18.8. The molecule has 0 bridgehead atoms. The van der Waals surface area contributed by atoms with E-state index in [2.05, 4.69) is 15.1 Å². The monoisotopic (exact) mass is 367 g/mol. The summed E-state index contributed by atoms with van der Waals surface area (Å²) in [7, 11) is 0. The summed E-state index contributed by atoms with van der Waals surface area (Å²) in [5.41, 5.74) is 1.12. The smallest absolute Gasteiger partial charge is 0.162 e. The van der Waals surface area contributed by atoms with E-state index in [1.807, 2.05) is 26.0 Å². The lowest BCUT2D eigenvalue weighted by atomic mass is 10.1. The standard InChI is InChI=1S/C19H30ClN3O2/c1-3-24-18-11-15(17(20)12-19(18)25-4-2)14-22-7-9-23(10-8-22)16-5-6-21-13-16/h11-12,16,21H,3-10,13-14H2,1-2H3/t16-/m0/s1. The molecule has 1 N–H and O–H groups in total. The maximum atomic E-state index is 6.51. The van der Waals surface area contributed by atoms with Crippen LogP contribution in [0.1, 0.15) is 25.8 Å². The lowest BCUT2D eigenvalue weighted by Gasteiger charge is -2.38. The molecule has 0 spiro atoms. The van der Waals surface area contributed by atoms with Crippen LogP contribution in [-0.4, -0.2) is 68.3 Å². The average molecular weight is 368 g/mol. The van der Waals surface area contributed by atoms with E-state index in [9.17, 15) is 0 Å². The Bertz CT molecular complexity index is 556. The van der Waals surface area contributed by atoms with E-state index >= 15 is 0 Å². The summed E-state index contributed by atoms with van der Waals surface area (Å²) in [6.07, 6.45) is 1.28. The number of hydrogen-bond donors (Lipinski definition) is 1. The molecule has 6 heteroatoms. The van der Waals surface area contributed by atoms with Crippen molar-refractivity contribution in [2.45, 2.75) is 32.9 Å². The topological polar surface area (TPSA) is 37.0 Å². The zero-order valence-electron chi connectivity index (χ0n) is 15.4. The van der Waals surface area contributed by atoms with Crippen molar-refractivity contribution >= 4 is 11.6 Å². The fraction of sp³-hybridized carbons (Fsp3) is 0.684. The number of rotatable bonds is 7. The van der Waals surface area contributed by atoms with Crippen molar-refractivity contribution in [2.24, 2.45) is 0 Å². The molecule has 0 unspecified atom stereocenters. The van der Waals surface area contributed by atoms with Gasteiger partial charge < -0.3 is 14.8 Å². The maximum Gasteiger partial charge on any atom is 0.162 e. The molecule has 25 heavy (non-hydrogen) atoms. The van der Waals surface area contributed by atoms with Gasteiger partial charge in [0.15, 0.2) is 11.5 Å². The second-order valence-corrected chi connectivity index (χ2v) is 7.12. The van der Waals surface area contributed by atoms with Gasteiger partial charge in [-0.1, -0.05) is 11.6 Å². The van der Waals surface area contributed by atoms with E-state index in [0.29, 0.717) is 13.2 Å². The Kier molecular flexibility index (Phi) is 6.82. The highest BCUT2D eigenvalue weighted by Gasteiger charge is 2.26. The SMILES string of the molecule is CCOc1cc(Cl)c(CN2CCN([C@H]3CCNC3)CC2)cc1OCC. The minimum absolute atomic E-state index is 0.605. The molecule has 0 saturated carbocycles. The van der Waals surface area contributed by atoms with Gasteiger partial charge in [-0.05, 0) is 38.4 Å². The molecule has 0 aliphatic carbocycles. The molecule has 0 radical (unpaired) electrons. The third kappa shape index (κ3) is 4.79. The third-order valence-electron chi connectivity index (χ3n) is 5.06. The normalized spacial score (nSPS) is 22.3. The molecule has 1 aromatic rings. The molecule has 0 aromatic heterocycles. The Labute approximate surface area is 156 Å². The van der Waals surface area contributed by atoms with Crippen molar-refractivity contribution in [3.63, 3.8) is 0 Å². The predicted molar refractivity (Wildman–Crippen MR) is 102 cm³/mol. The van der Waals surface area contributed by atoms with Crippen molar-refractivity contribution in [3.8, 4) is 11.5 Å². The summed E-state index contributed by atoms with van der Waals surface area (Å²) in [5, 5.41) is 4.22. The summed E-state index contributed by atoms with van der Waals surface area (Å²) in [6, 6.07) is 4.66. The van der Waals surface area contributed by atoms with Gasteiger partial charge >= 0.3 is 0 Å². The molecule has 0 amide bonds. The van der Waals surface area contributed by atoms with E-state index in [1.165, 1.54) is 6.42 Å². The number of nitrogens with one attached hydrogen (secondary N) is 1. The minimum atomic E-state index is 0.605. The van der Waals surface area contributed by atoms with Gasteiger partial charge in [-0.2, -0.15) is 0 Å². The first-order valence-corrected chi connectivity index (χ1v) is 9.84. The van der Waals surface area contributed by atoms with Gasteiger partial charge in [0.25, 0.3) is 0 Å². The van der Waals surface area contributed by atoms with Gasteiger partial charge in [0.1, 0.15) is 0 Å². The highest BCUT2D eigenvalue weighted by atomic mass is 35.5. The Hall–Kier alpha value is -1.01. The van der Waals surface area contributed by atoms with E-state index < -0.39 is 0 Å². The van der Waals surface area contributed by atoms with E-state index in [1.54, 1.807) is 0 Å². The molecular formula is C19H30ClN3O2. The van der Waals surface area contributed by atoms with E-state index in [0.717, 1.165) is 73.9 Å². The molecule has 1 aromatic carbocycles. The highest BCUT2D eigenvalue weighted by molar-refractivity contribution is 6.31. The lowest BCUT2D eigenvalue weighted by molar-refractivity contribution is 0.0981. The fourth-order valence-corrected chi connectivity index (χ4v) is 3.93. The van der Waals surface area contributed by atoms with Crippen LogP contribution in [0.15, 0.2) is 12.1 Å². The molecule has 140 valence electrons. The predicted octanol–water partition coefficient (Wildman–Crippen LogP) is 2.62. The van der Waals surface area contributed by atoms with Gasteiger partial charge in [-0.15, -0.1) is 0 Å². The summed E-state index contributed by atoms with van der Waals surface area (Å²) in [5.74, 6) is 1.52. The zero-order valence-corrected chi connectivity index (χ0v) is 16.1. The molecule has 2 heterocycles. The van der Waals surface area contributed by atoms with Crippen molar-refractivity contribution in [1.82, 2.24) is 15.1 Å². The van der Waals surface area contributed by atoms with Gasteiger partial charge in [0, 0.05) is 56.4 Å². The minimum Gasteiger partial charge on any atom is -0.490 e. The molecule has 2 aliphatic heterocycles. The van der Waals surface area contributed by atoms with Crippen LogP contribution in [0.3, 0.4) is 0 Å². The molecule has 3 rings (SSSR count). The number of benzene rings is 1. The molecular weight excluding hydrogens is 338 g/mol. The van der Waals surface area contributed by atoms with Gasteiger partial charge in [-0.3, -0.25) is 9.80 Å². The van der Waals surface area contributed by atoms with Crippen molar-refractivity contribution in [3.05, 3.63) is 22.7 Å².